The summed E-state index contributed by atoms with van der Waals surface area (Å²) in [7, 11) is 0. The summed E-state index contributed by atoms with van der Waals surface area (Å²) in [5, 5.41) is 0. The lowest BCUT2D eigenvalue weighted by Crippen LogP contribution is -2.13. The van der Waals surface area contributed by atoms with E-state index in [1.807, 2.05) is 12.2 Å². The van der Waals surface area contributed by atoms with Gasteiger partial charge in [-0.3, -0.25) is 0 Å². The molecule has 0 amide bonds. The molecule has 0 aromatic carbocycles. The van der Waals surface area contributed by atoms with Gasteiger partial charge in [-0.1, -0.05) is 47.9 Å². The summed E-state index contributed by atoms with van der Waals surface area (Å²) in [6.07, 6.45) is 8.76. The molecule has 134 valence electrons. The fourth-order valence-corrected chi connectivity index (χ4v) is 1.54. The molecule has 4 nitrogen and oxygen atoms in total. The van der Waals surface area contributed by atoms with E-state index in [1.54, 1.807) is 0 Å². The summed E-state index contributed by atoms with van der Waals surface area (Å²) < 4.78 is 21.2. The zero-order valence-electron chi connectivity index (χ0n) is 10.8. The van der Waals surface area contributed by atoms with E-state index in [0.717, 1.165) is 26.1 Å². The van der Waals surface area contributed by atoms with Crippen LogP contribution in [0.25, 0.3) is 0 Å². The van der Waals surface area contributed by atoms with Gasteiger partial charge in [0.1, 0.15) is 12.2 Å². The molecule has 2 heterocycles. The Balaban J connectivity index is -0.000000902. The van der Waals surface area contributed by atoms with Gasteiger partial charge in [0.15, 0.2) is 0 Å². The predicted molar refractivity (Wildman–Crippen MR) is 95.5 cm³/mol. The molecule has 22 heavy (non-hydrogen) atoms. The van der Waals surface area contributed by atoms with Gasteiger partial charge in [0.2, 0.25) is 0 Å². The third-order valence-electron chi connectivity index (χ3n) is 2.87. The van der Waals surface area contributed by atoms with Crippen molar-refractivity contribution in [3.63, 3.8) is 0 Å². The number of allylic oxidation sites excluding steroid dienone is 1. The van der Waals surface area contributed by atoms with Crippen LogP contribution in [0.3, 0.4) is 0 Å². The summed E-state index contributed by atoms with van der Waals surface area (Å²) in [6.45, 7) is 7.54. The molecule has 2 fully saturated rings. The first-order chi connectivity index (χ1) is 8.88. The van der Waals surface area contributed by atoms with E-state index in [2.05, 4.69) is 12.7 Å². The second kappa shape index (κ2) is 15.2. The van der Waals surface area contributed by atoms with Crippen molar-refractivity contribution >= 4 is 0 Å². The Bertz CT molecular complexity index is 270. The molecular weight excluding hydrogens is 280 g/mol. The van der Waals surface area contributed by atoms with Gasteiger partial charge in [0.05, 0.1) is 39.1 Å². The molecule has 0 N–H and O–H groups in total. The largest absolute Gasteiger partial charge is 0.375 e. The van der Waals surface area contributed by atoms with E-state index in [9.17, 15) is 0 Å². The topological polar surface area (TPSA) is 43.5 Å². The van der Waals surface area contributed by atoms with Crippen molar-refractivity contribution < 1.29 is 18.9 Å². The lowest BCUT2D eigenvalue weighted by atomic mass is 10.2. The minimum atomic E-state index is 0. The third-order valence-corrected chi connectivity index (χ3v) is 2.87. The quantitative estimate of drug-likeness (QED) is 0.324. The third kappa shape index (κ3) is 13.0. The first-order valence-corrected chi connectivity index (χ1v) is 6.58. The molecule has 0 saturated carbocycles. The molecule has 2 rings (SSSR count). The van der Waals surface area contributed by atoms with Gasteiger partial charge < -0.3 is 18.9 Å². The van der Waals surface area contributed by atoms with E-state index in [4.69, 9.17) is 18.9 Å². The highest BCUT2D eigenvalue weighted by atomic mass is 16.6. The van der Waals surface area contributed by atoms with Crippen molar-refractivity contribution in [3.8, 4) is 0 Å². The van der Waals surface area contributed by atoms with Crippen LogP contribution in [0.15, 0.2) is 24.8 Å². The summed E-state index contributed by atoms with van der Waals surface area (Å²) >= 11 is 0. The molecule has 0 radical (unpaired) electrons. The van der Waals surface area contributed by atoms with Gasteiger partial charge in [0.25, 0.3) is 0 Å². The maximum absolute atomic E-state index is 5.66. The van der Waals surface area contributed by atoms with Crippen LogP contribution in [0.4, 0.5) is 0 Å². The molecule has 2 aliphatic heterocycles. The minimum absolute atomic E-state index is 0. The highest BCUT2D eigenvalue weighted by Gasteiger charge is 2.23. The molecule has 0 bridgehead atoms. The number of hydrogen-bond donors (Lipinski definition) is 0. The molecule has 2 aliphatic rings. The molecule has 0 aromatic heterocycles. The summed E-state index contributed by atoms with van der Waals surface area (Å²) in [4.78, 5) is 0. The van der Waals surface area contributed by atoms with Gasteiger partial charge in [-0.25, -0.2) is 0 Å². The van der Waals surface area contributed by atoms with E-state index in [1.165, 1.54) is 0 Å². The van der Waals surface area contributed by atoms with E-state index >= 15 is 0 Å². The van der Waals surface area contributed by atoms with Crippen LogP contribution in [-0.2, 0) is 18.9 Å². The molecule has 3 atom stereocenters. The van der Waals surface area contributed by atoms with Crippen molar-refractivity contribution in [2.75, 3.05) is 33.0 Å². The van der Waals surface area contributed by atoms with Gasteiger partial charge in [-0.15, -0.1) is 6.58 Å². The van der Waals surface area contributed by atoms with Crippen molar-refractivity contribution in [1.29, 1.82) is 0 Å². The van der Waals surface area contributed by atoms with Crippen molar-refractivity contribution in [1.82, 2.24) is 0 Å². The van der Waals surface area contributed by atoms with Crippen molar-refractivity contribution in [3.05, 3.63) is 24.8 Å². The summed E-state index contributed by atoms with van der Waals surface area (Å²) in [5.74, 6) is 0. The fraction of sp³-hybridized carbons (Fsp3) is 0.778. The highest BCUT2D eigenvalue weighted by Crippen LogP contribution is 2.12. The van der Waals surface area contributed by atoms with Gasteiger partial charge in [0, 0.05) is 0 Å². The highest BCUT2D eigenvalue weighted by molar-refractivity contribution is 4.87. The van der Waals surface area contributed by atoms with Crippen LogP contribution in [0.5, 0.6) is 0 Å². The Kier molecular flexibility index (Phi) is 18.2. The van der Waals surface area contributed by atoms with E-state index in [-0.39, 0.29) is 35.8 Å². The maximum atomic E-state index is 5.66. The van der Waals surface area contributed by atoms with Crippen molar-refractivity contribution in [2.45, 2.75) is 60.9 Å². The molecule has 3 unspecified atom stereocenters. The van der Waals surface area contributed by atoms with Crippen LogP contribution < -0.4 is 0 Å². The molecule has 0 aromatic rings. The monoisotopic (exact) mass is 318 g/mol. The molecule has 2 saturated heterocycles. The molecule has 0 aliphatic carbocycles. The predicted octanol–water partition coefficient (Wildman–Crippen LogP) is 4.25. The lowest BCUT2D eigenvalue weighted by Gasteiger charge is -2.11. The summed E-state index contributed by atoms with van der Waals surface area (Å²) in [5.41, 5.74) is 0. The van der Waals surface area contributed by atoms with E-state index < -0.39 is 0 Å². The maximum Gasteiger partial charge on any atom is 0.104 e. The zero-order valence-corrected chi connectivity index (χ0v) is 10.8. The fourth-order valence-electron chi connectivity index (χ4n) is 1.54. The van der Waals surface area contributed by atoms with Crippen LogP contribution >= 0.6 is 0 Å². The van der Waals surface area contributed by atoms with Crippen LogP contribution in [-0.4, -0.2) is 51.3 Å². The Labute approximate surface area is 138 Å². The Morgan fingerprint density at radius 3 is 2.14 bits per heavy atom. The Morgan fingerprint density at radius 1 is 1.00 bits per heavy atom. The Hall–Kier alpha value is -0.680. The smallest absolute Gasteiger partial charge is 0.104 e. The number of epoxide rings is 2. The van der Waals surface area contributed by atoms with Crippen molar-refractivity contribution in [2.24, 2.45) is 0 Å². The first kappa shape index (κ1) is 26.2. The molecule has 4 heteroatoms. The second-order valence-corrected chi connectivity index (χ2v) is 4.60. The SMILES string of the molecule is C.C.C.C.C=CC(CCC=CCOCC1CO1)OCC1CO1. The number of hydrogen-bond acceptors (Lipinski definition) is 4. The second-order valence-electron chi connectivity index (χ2n) is 4.60. The average Bonchev–Trinajstić information content (AvgIpc) is 3.26. The van der Waals surface area contributed by atoms with Gasteiger partial charge in [-0.2, -0.15) is 0 Å². The van der Waals surface area contributed by atoms with Gasteiger partial charge in [-0.05, 0) is 12.8 Å². The number of ether oxygens (including phenoxy) is 4. The average molecular weight is 318 g/mol. The summed E-state index contributed by atoms with van der Waals surface area (Å²) in [6, 6.07) is 0. The molecule has 0 spiro atoms. The zero-order chi connectivity index (χ0) is 12.6. The number of rotatable bonds is 11. The molecular formula is C18H38O4. The van der Waals surface area contributed by atoms with E-state index in [0.29, 0.717) is 32.0 Å². The lowest BCUT2D eigenvalue weighted by molar-refractivity contribution is 0.0677. The normalized spacial score (nSPS) is 22.4. The standard InChI is InChI=1S/C14H22O4.4CH4/c1-2-12(16-10-14-11-18-14)6-4-3-5-7-15-8-13-9-17-13;;;;/h2-3,5,12-14H,1,4,6-11H2;4*1H4. The minimum Gasteiger partial charge on any atom is -0.375 e. The van der Waals surface area contributed by atoms with Gasteiger partial charge >= 0.3 is 0 Å². The van der Waals surface area contributed by atoms with Crippen LogP contribution in [0.1, 0.15) is 42.5 Å². The first-order valence-electron chi connectivity index (χ1n) is 6.58. The van der Waals surface area contributed by atoms with Crippen LogP contribution in [0.2, 0.25) is 0 Å². The van der Waals surface area contributed by atoms with Crippen LogP contribution in [0, 0.1) is 0 Å². The Morgan fingerprint density at radius 2 is 1.59 bits per heavy atom.